The standard InChI is InChI=1S/C15H22ClN3O/c1-15(2)6-3-7-19(10-15)9-12-5-4-11(8-13(12)16)14(17)18-20/h4-5,8,20H,3,6-7,9-10H2,1-2H3,(H2,17,18). The number of rotatable bonds is 3. The summed E-state index contributed by atoms with van der Waals surface area (Å²) in [6, 6.07) is 5.55. The Morgan fingerprint density at radius 2 is 2.25 bits per heavy atom. The lowest BCUT2D eigenvalue weighted by molar-refractivity contribution is 0.112. The number of nitrogens with zero attached hydrogens (tertiary/aromatic N) is 2. The Hall–Kier alpha value is -1.26. The van der Waals surface area contributed by atoms with Gasteiger partial charge in [0, 0.05) is 23.7 Å². The number of piperidine rings is 1. The van der Waals surface area contributed by atoms with Crippen LogP contribution in [0, 0.1) is 5.41 Å². The summed E-state index contributed by atoms with van der Waals surface area (Å²) in [5, 5.41) is 12.3. The lowest BCUT2D eigenvalue weighted by Gasteiger charge is -2.38. The van der Waals surface area contributed by atoms with Crippen LogP contribution in [0.25, 0.3) is 0 Å². The van der Waals surface area contributed by atoms with Gasteiger partial charge in [-0.2, -0.15) is 0 Å². The fraction of sp³-hybridized carbons (Fsp3) is 0.533. The number of nitrogens with two attached hydrogens (primary N) is 1. The molecule has 4 nitrogen and oxygen atoms in total. The molecule has 5 heteroatoms. The lowest BCUT2D eigenvalue weighted by Crippen LogP contribution is -2.39. The smallest absolute Gasteiger partial charge is 0.170 e. The van der Waals surface area contributed by atoms with Gasteiger partial charge < -0.3 is 10.9 Å². The monoisotopic (exact) mass is 295 g/mol. The van der Waals surface area contributed by atoms with Crippen molar-refractivity contribution >= 4 is 17.4 Å². The van der Waals surface area contributed by atoms with E-state index in [1.165, 1.54) is 12.8 Å². The summed E-state index contributed by atoms with van der Waals surface area (Å²) in [5.41, 5.74) is 7.66. The van der Waals surface area contributed by atoms with E-state index in [9.17, 15) is 0 Å². The average molecular weight is 296 g/mol. The van der Waals surface area contributed by atoms with Crippen LogP contribution >= 0.6 is 11.6 Å². The third kappa shape index (κ3) is 3.64. The molecule has 1 heterocycles. The fourth-order valence-corrected chi connectivity index (χ4v) is 3.05. The van der Waals surface area contributed by atoms with Crippen molar-refractivity contribution in [2.45, 2.75) is 33.2 Å². The highest BCUT2D eigenvalue weighted by atomic mass is 35.5. The van der Waals surface area contributed by atoms with E-state index in [0.717, 1.165) is 25.2 Å². The van der Waals surface area contributed by atoms with Gasteiger partial charge in [0.1, 0.15) is 0 Å². The maximum Gasteiger partial charge on any atom is 0.170 e. The van der Waals surface area contributed by atoms with E-state index >= 15 is 0 Å². The van der Waals surface area contributed by atoms with Crippen molar-refractivity contribution in [3.05, 3.63) is 34.3 Å². The van der Waals surface area contributed by atoms with Crippen LogP contribution < -0.4 is 5.73 Å². The second-order valence-corrected chi connectivity index (χ2v) is 6.68. The van der Waals surface area contributed by atoms with Gasteiger partial charge in [0.05, 0.1) is 0 Å². The van der Waals surface area contributed by atoms with Gasteiger partial charge in [-0.05, 0) is 36.4 Å². The highest BCUT2D eigenvalue weighted by molar-refractivity contribution is 6.31. The lowest BCUT2D eigenvalue weighted by atomic mass is 9.84. The first kappa shape index (κ1) is 15.1. The second kappa shape index (κ2) is 6.02. The Morgan fingerprint density at radius 1 is 1.50 bits per heavy atom. The Labute approximate surface area is 125 Å². The first-order valence-electron chi connectivity index (χ1n) is 6.90. The number of oxime groups is 1. The van der Waals surface area contributed by atoms with E-state index in [1.807, 2.05) is 12.1 Å². The topological polar surface area (TPSA) is 61.8 Å². The molecule has 20 heavy (non-hydrogen) atoms. The molecular formula is C15H22ClN3O. The van der Waals surface area contributed by atoms with Gasteiger partial charge in [-0.25, -0.2) is 0 Å². The van der Waals surface area contributed by atoms with Crippen molar-refractivity contribution in [2.24, 2.45) is 16.3 Å². The molecule has 0 spiro atoms. The zero-order valence-electron chi connectivity index (χ0n) is 12.1. The zero-order valence-corrected chi connectivity index (χ0v) is 12.8. The number of likely N-dealkylation sites (tertiary alicyclic amines) is 1. The Bertz CT molecular complexity index is 514. The van der Waals surface area contributed by atoms with Gasteiger partial charge in [0.25, 0.3) is 0 Å². The predicted octanol–water partition coefficient (Wildman–Crippen LogP) is 3.06. The molecule has 0 aromatic heterocycles. The van der Waals surface area contributed by atoms with Crippen molar-refractivity contribution in [1.82, 2.24) is 4.90 Å². The van der Waals surface area contributed by atoms with E-state index in [-0.39, 0.29) is 5.84 Å². The van der Waals surface area contributed by atoms with E-state index in [1.54, 1.807) is 6.07 Å². The van der Waals surface area contributed by atoms with Crippen molar-refractivity contribution in [1.29, 1.82) is 0 Å². The molecule has 1 saturated heterocycles. The molecule has 110 valence electrons. The zero-order chi connectivity index (χ0) is 14.8. The maximum absolute atomic E-state index is 8.68. The van der Waals surface area contributed by atoms with Crippen molar-refractivity contribution in [3.8, 4) is 0 Å². The van der Waals surface area contributed by atoms with Crippen LogP contribution in [0.15, 0.2) is 23.4 Å². The molecule has 1 aliphatic rings. The molecule has 0 amide bonds. The molecular weight excluding hydrogens is 274 g/mol. The van der Waals surface area contributed by atoms with Gasteiger partial charge >= 0.3 is 0 Å². The van der Waals surface area contributed by atoms with Crippen molar-refractivity contribution < 1.29 is 5.21 Å². The minimum atomic E-state index is 0.0811. The van der Waals surface area contributed by atoms with Crippen LogP contribution in [-0.4, -0.2) is 29.0 Å². The molecule has 1 aromatic carbocycles. The highest BCUT2D eigenvalue weighted by Crippen LogP contribution is 2.30. The summed E-state index contributed by atoms with van der Waals surface area (Å²) < 4.78 is 0. The minimum Gasteiger partial charge on any atom is -0.409 e. The quantitative estimate of drug-likeness (QED) is 0.390. The molecule has 0 bridgehead atoms. The first-order chi connectivity index (χ1) is 9.41. The Morgan fingerprint density at radius 3 is 2.85 bits per heavy atom. The first-order valence-corrected chi connectivity index (χ1v) is 7.28. The van der Waals surface area contributed by atoms with Gasteiger partial charge in [-0.3, -0.25) is 4.90 Å². The van der Waals surface area contributed by atoms with Gasteiger partial charge in [0.15, 0.2) is 5.84 Å². The number of hydrogen-bond donors (Lipinski definition) is 2. The van der Waals surface area contributed by atoms with E-state index in [4.69, 9.17) is 22.5 Å². The molecule has 2 rings (SSSR count). The second-order valence-electron chi connectivity index (χ2n) is 6.27. The van der Waals surface area contributed by atoms with Gasteiger partial charge in [0.2, 0.25) is 0 Å². The highest BCUT2D eigenvalue weighted by Gasteiger charge is 2.26. The predicted molar refractivity (Wildman–Crippen MR) is 82.3 cm³/mol. The molecule has 3 N–H and O–H groups in total. The third-order valence-electron chi connectivity index (χ3n) is 3.83. The van der Waals surface area contributed by atoms with E-state index in [0.29, 0.717) is 16.0 Å². The largest absolute Gasteiger partial charge is 0.409 e. The fourth-order valence-electron chi connectivity index (χ4n) is 2.81. The number of hydrogen-bond acceptors (Lipinski definition) is 3. The van der Waals surface area contributed by atoms with Crippen LogP contribution in [0.4, 0.5) is 0 Å². The van der Waals surface area contributed by atoms with Crippen LogP contribution in [0.3, 0.4) is 0 Å². The summed E-state index contributed by atoms with van der Waals surface area (Å²) >= 11 is 6.30. The maximum atomic E-state index is 8.68. The summed E-state index contributed by atoms with van der Waals surface area (Å²) in [7, 11) is 0. The van der Waals surface area contributed by atoms with Crippen LogP contribution in [-0.2, 0) is 6.54 Å². The van der Waals surface area contributed by atoms with E-state index in [2.05, 4.69) is 23.9 Å². The molecule has 1 aliphatic heterocycles. The van der Waals surface area contributed by atoms with Gasteiger partial charge in [-0.1, -0.05) is 42.7 Å². The van der Waals surface area contributed by atoms with Crippen LogP contribution in [0.2, 0.25) is 5.02 Å². The Kier molecular flexibility index (Phi) is 4.55. The molecule has 1 aromatic rings. The minimum absolute atomic E-state index is 0.0811. The van der Waals surface area contributed by atoms with Crippen LogP contribution in [0.5, 0.6) is 0 Å². The average Bonchev–Trinajstić information content (AvgIpc) is 2.39. The summed E-state index contributed by atoms with van der Waals surface area (Å²) in [6.07, 6.45) is 2.51. The molecule has 0 saturated carbocycles. The van der Waals surface area contributed by atoms with Crippen molar-refractivity contribution in [2.75, 3.05) is 13.1 Å². The molecule has 0 unspecified atom stereocenters. The van der Waals surface area contributed by atoms with Gasteiger partial charge in [-0.15, -0.1) is 0 Å². The molecule has 0 atom stereocenters. The normalized spacial score (nSPS) is 20.1. The number of amidine groups is 1. The summed E-state index contributed by atoms with van der Waals surface area (Å²) in [5.74, 6) is 0.0811. The SMILES string of the molecule is CC1(C)CCCN(Cc2ccc(/C(N)=N/O)cc2Cl)C1. The molecule has 0 aliphatic carbocycles. The number of halogens is 1. The van der Waals surface area contributed by atoms with Crippen molar-refractivity contribution in [3.63, 3.8) is 0 Å². The van der Waals surface area contributed by atoms with Crippen LogP contribution in [0.1, 0.15) is 37.8 Å². The molecule has 1 fully saturated rings. The Balaban J connectivity index is 2.10. The van der Waals surface area contributed by atoms with E-state index < -0.39 is 0 Å². The molecule has 0 radical (unpaired) electrons. The third-order valence-corrected chi connectivity index (χ3v) is 4.18. The summed E-state index contributed by atoms with van der Waals surface area (Å²) in [4.78, 5) is 2.44. The number of benzene rings is 1. The summed E-state index contributed by atoms with van der Waals surface area (Å²) in [6.45, 7) is 7.66.